The third-order valence-corrected chi connectivity index (χ3v) is 2.97. The second-order valence-electron chi connectivity index (χ2n) is 4.47. The maximum atomic E-state index is 11.6. The van der Waals surface area contributed by atoms with Gasteiger partial charge in [-0.2, -0.15) is 0 Å². The SMILES string of the molecule is CCOC(=O)c1nc(C)n(C(C)C(C)C)c1N. The van der Waals surface area contributed by atoms with Gasteiger partial charge in [-0.05, 0) is 26.7 Å². The van der Waals surface area contributed by atoms with E-state index in [9.17, 15) is 4.79 Å². The van der Waals surface area contributed by atoms with Crippen LogP contribution < -0.4 is 5.73 Å². The molecule has 0 radical (unpaired) electrons. The van der Waals surface area contributed by atoms with E-state index in [1.807, 2.05) is 11.5 Å². The average molecular weight is 239 g/mol. The number of rotatable bonds is 4. The van der Waals surface area contributed by atoms with E-state index in [2.05, 4.69) is 25.8 Å². The second kappa shape index (κ2) is 5.21. The standard InChI is InChI=1S/C12H21N3O2/c1-6-17-12(16)10-11(13)15(9(5)14-10)8(4)7(2)3/h7-8H,6,13H2,1-5H3. The molecular weight excluding hydrogens is 218 g/mol. The Balaban J connectivity index is 3.14. The molecule has 17 heavy (non-hydrogen) atoms. The van der Waals surface area contributed by atoms with Gasteiger partial charge in [-0.25, -0.2) is 9.78 Å². The van der Waals surface area contributed by atoms with Crippen molar-refractivity contribution in [2.45, 2.75) is 40.7 Å². The first-order chi connectivity index (χ1) is 7.90. The Bertz CT molecular complexity index is 410. The number of carbonyl (C=O) groups excluding carboxylic acids is 1. The van der Waals surface area contributed by atoms with Crippen molar-refractivity contribution in [2.75, 3.05) is 12.3 Å². The Labute approximate surface area is 102 Å². The number of ether oxygens (including phenoxy) is 1. The minimum absolute atomic E-state index is 0.200. The van der Waals surface area contributed by atoms with E-state index in [0.717, 1.165) is 5.82 Å². The van der Waals surface area contributed by atoms with Crippen LogP contribution >= 0.6 is 0 Å². The van der Waals surface area contributed by atoms with Crippen LogP contribution in [0.25, 0.3) is 0 Å². The largest absolute Gasteiger partial charge is 0.461 e. The molecule has 96 valence electrons. The molecule has 1 rings (SSSR count). The van der Waals surface area contributed by atoms with Crippen LogP contribution in [-0.4, -0.2) is 22.1 Å². The molecule has 0 aromatic carbocycles. The van der Waals surface area contributed by atoms with Gasteiger partial charge in [-0.15, -0.1) is 0 Å². The fraction of sp³-hybridized carbons (Fsp3) is 0.667. The highest BCUT2D eigenvalue weighted by Gasteiger charge is 2.23. The van der Waals surface area contributed by atoms with Crippen molar-refractivity contribution in [1.82, 2.24) is 9.55 Å². The Kier molecular flexibility index (Phi) is 4.15. The monoisotopic (exact) mass is 239 g/mol. The topological polar surface area (TPSA) is 70.1 Å². The number of esters is 1. The molecule has 1 unspecified atom stereocenters. The summed E-state index contributed by atoms with van der Waals surface area (Å²) < 4.78 is 6.81. The molecule has 1 aromatic rings. The normalized spacial score (nSPS) is 12.8. The minimum Gasteiger partial charge on any atom is -0.461 e. The summed E-state index contributed by atoms with van der Waals surface area (Å²) in [6.45, 7) is 10.2. The first-order valence-electron chi connectivity index (χ1n) is 5.91. The maximum Gasteiger partial charge on any atom is 0.360 e. The van der Waals surface area contributed by atoms with Gasteiger partial charge >= 0.3 is 5.97 Å². The lowest BCUT2D eigenvalue weighted by molar-refractivity contribution is 0.0521. The zero-order valence-electron chi connectivity index (χ0n) is 11.2. The number of imidazole rings is 1. The molecule has 0 saturated heterocycles. The van der Waals surface area contributed by atoms with Crippen molar-refractivity contribution in [3.8, 4) is 0 Å². The molecule has 5 heteroatoms. The average Bonchev–Trinajstić information content (AvgIpc) is 2.53. The van der Waals surface area contributed by atoms with Crippen LogP contribution in [0, 0.1) is 12.8 Å². The van der Waals surface area contributed by atoms with Gasteiger partial charge in [0.05, 0.1) is 6.61 Å². The number of aromatic nitrogens is 2. The first kappa shape index (κ1) is 13.5. The van der Waals surface area contributed by atoms with Crippen LogP contribution in [0.5, 0.6) is 0 Å². The Morgan fingerprint density at radius 3 is 2.53 bits per heavy atom. The van der Waals surface area contributed by atoms with Gasteiger partial charge in [0.2, 0.25) is 0 Å². The number of aryl methyl sites for hydroxylation is 1. The zero-order chi connectivity index (χ0) is 13.2. The quantitative estimate of drug-likeness (QED) is 0.817. The lowest BCUT2D eigenvalue weighted by Gasteiger charge is -2.20. The second-order valence-corrected chi connectivity index (χ2v) is 4.47. The molecule has 2 N–H and O–H groups in total. The lowest BCUT2D eigenvalue weighted by Crippen LogP contribution is -2.16. The van der Waals surface area contributed by atoms with Gasteiger partial charge in [0.1, 0.15) is 11.6 Å². The highest BCUT2D eigenvalue weighted by molar-refractivity contribution is 5.92. The summed E-state index contributed by atoms with van der Waals surface area (Å²) in [6, 6.07) is 0.200. The van der Waals surface area contributed by atoms with E-state index in [0.29, 0.717) is 18.3 Å². The number of hydrogen-bond acceptors (Lipinski definition) is 4. The van der Waals surface area contributed by atoms with E-state index in [4.69, 9.17) is 10.5 Å². The van der Waals surface area contributed by atoms with E-state index in [1.54, 1.807) is 6.92 Å². The molecule has 5 nitrogen and oxygen atoms in total. The van der Waals surface area contributed by atoms with Crippen LogP contribution in [0.15, 0.2) is 0 Å². The lowest BCUT2D eigenvalue weighted by atomic mass is 10.1. The summed E-state index contributed by atoms with van der Waals surface area (Å²) in [5.74, 6) is 1.09. The van der Waals surface area contributed by atoms with Crippen molar-refractivity contribution in [3.05, 3.63) is 11.5 Å². The third-order valence-electron chi connectivity index (χ3n) is 2.97. The van der Waals surface area contributed by atoms with Crippen molar-refractivity contribution < 1.29 is 9.53 Å². The molecule has 0 amide bonds. The summed E-state index contributed by atoms with van der Waals surface area (Å²) in [4.78, 5) is 15.8. The molecule has 1 heterocycles. The first-order valence-corrected chi connectivity index (χ1v) is 5.91. The zero-order valence-corrected chi connectivity index (χ0v) is 11.2. The number of nitrogens with two attached hydrogens (primary N) is 1. The highest BCUT2D eigenvalue weighted by atomic mass is 16.5. The smallest absolute Gasteiger partial charge is 0.360 e. The van der Waals surface area contributed by atoms with Crippen LogP contribution in [0.3, 0.4) is 0 Å². The van der Waals surface area contributed by atoms with Gasteiger partial charge in [0.25, 0.3) is 0 Å². The molecular formula is C12H21N3O2. The van der Waals surface area contributed by atoms with E-state index >= 15 is 0 Å². The fourth-order valence-electron chi connectivity index (χ4n) is 1.72. The Morgan fingerprint density at radius 2 is 2.06 bits per heavy atom. The summed E-state index contributed by atoms with van der Waals surface area (Å²) in [5, 5.41) is 0. The number of anilines is 1. The van der Waals surface area contributed by atoms with Crippen LogP contribution in [-0.2, 0) is 4.74 Å². The van der Waals surface area contributed by atoms with Crippen LogP contribution in [0.1, 0.15) is 50.0 Å². The Morgan fingerprint density at radius 1 is 1.47 bits per heavy atom. The van der Waals surface area contributed by atoms with E-state index in [-0.39, 0.29) is 11.7 Å². The van der Waals surface area contributed by atoms with Crippen molar-refractivity contribution >= 4 is 11.8 Å². The predicted octanol–water partition coefficient (Wildman–Crippen LogP) is 2.17. The fourth-order valence-corrected chi connectivity index (χ4v) is 1.72. The molecule has 0 aliphatic carbocycles. The predicted molar refractivity (Wildman–Crippen MR) is 66.9 cm³/mol. The maximum absolute atomic E-state index is 11.6. The molecule has 0 bridgehead atoms. The molecule has 1 atom stereocenters. The van der Waals surface area contributed by atoms with Gasteiger partial charge in [0.15, 0.2) is 5.69 Å². The van der Waals surface area contributed by atoms with Gasteiger partial charge in [-0.3, -0.25) is 0 Å². The van der Waals surface area contributed by atoms with Crippen molar-refractivity contribution in [2.24, 2.45) is 5.92 Å². The minimum atomic E-state index is -0.456. The molecule has 1 aromatic heterocycles. The van der Waals surface area contributed by atoms with Crippen molar-refractivity contribution in [1.29, 1.82) is 0 Å². The molecule has 0 aliphatic heterocycles. The number of carbonyl (C=O) groups is 1. The van der Waals surface area contributed by atoms with E-state index in [1.165, 1.54) is 0 Å². The van der Waals surface area contributed by atoms with Gasteiger partial charge in [-0.1, -0.05) is 13.8 Å². The Hall–Kier alpha value is -1.52. The molecule has 0 aliphatic rings. The highest BCUT2D eigenvalue weighted by Crippen LogP contribution is 2.25. The number of nitrogen functional groups attached to an aromatic ring is 1. The molecule has 0 saturated carbocycles. The van der Waals surface area contributed by atoms with Crippen LogP contribution in [0.4, 0.5) is 5.82 Å². The van der Waals surface area contributed by atoms with E-state index < -0.39 is 5.97 Å². The molecule has 0 fully saturated rings. The van der Waals surface area contributed by atoms with Gasteiger partial charge in [0, 0.05) is 6.04 Å². The number of nitrogens with zero attached hydrogens (tertiary/aromatic N) is 2. The van der Waals surface area contributed by atoms with Crippen LogP contribution in [0.2, 0.25) is 0 Å². The van der Waals surface area contributed by atoms with Crippen molar-refractivity contribution in [3.63, 3.8) is 0 Å². The summed E-state index contributed by atoms with van der Waals surface area (Å²) >= 11 is 0. The molecule has 0 spiro atoms. The third kappa shape index (κ3) is 2.60. The summed E-state index contributed by atoms with van der Waals surface area (Å²) in [5.41, 5.74) is 6.19. The number of hydrogen-bond donors (Lipinski definition) is 1. The van der Waals surface area contributed by atoms with Gasteiger partial charge < -0.3 is 15.0 Å². The summed E-state index contributed by atoms with van der Waals surface area (Å²) in [6.07, 6.45) is 0. The summed E-state index contributed by atoms with van der Waals surface area (Å²) in [7, 11) is 0.